The van der Waals surface area contributed by atoms with Gasteiger partial charge in [0.2, 0.25) is 0 Å². The maximum Gasteiger partial charge on any atom is 0.124 e. The number of hydrogen-bond donors (Lipinski definition) is 3. The Kier molecular flexibility index (Phi) is 4.24. The molecule has 6 aromatic carbocycles. The normalized spacial score (nSPS) is 11.4. The van der Waals surface area contributed by atoms with Gasteiger partial charge in [-0.25, -0.2) is 0 Å². The third kappa shape index (κ3) is 2.98. The van der Waals surface area contributed by atoms with E-state index in [4.69, 9.17) is 0 Å². The van der Waals surface area contributed by atoms with Gasteiger partial charge >= 0.3 is 0 Å². The molecule has 0 bridgehead atoms. The van der Waals surface area contributed by atoms with E-state index in [1.54, 1.807) is 24.3 Å². The van der Waals surface area contributed by atoms with Crippen LogP contribution in [0.5, 0.6) is 17.2 Å². The van der Waals surface area contributed by atoms with Crippen molar-refractivity contribution in [3.63, 3.8) is 0 Å². The average molecular weight is 428 g/mol. The predicted molar refractivity (Wildman–Crippen MR) is 135 cm³/mol. The SMILES string of the molecule is Oc1ccc2cccc(-c3ccc(-c4c(O)ccc5ccccc45)c4cccc(O)c34)c2c1. The van der Waals surface area contributed by atoms with E-state index < -0.39 is 0 Å². The van der Waals surface area contributed by atoms with E-state index in [1.165, 1.54) is 0 Å². The molecule has 0 saturated carbocycles. The summed E-state index contributed by atoms with van der Waals surface area (Å²) < 4.78 is 0. The quantitative estimate of drug-likeness (QED) is 0.266. The monoisotopic (exact) mass is 428 g/mol. The van der Waals surface area contributed by atoms with E-state index in [0.717, 1.165) is 49.2 Å². The summed E-state index contributed by atoms with van der Waals surface area (Å²) in [6.45, 7) is 0. The van der Waals surface area contributed by atoms with Crippen molar-refractivity contribution >= 4 is 32.3 Å². The Morgan fingerprint density at radius 2 is 1.12 bits per heavy atom. The Morgan fingerprint density at radius 1 is 0.424 bits per heavy atom. The van der Waals surface area contributed by atoms with Gasteiger partial charge < -0.3 is 15.3 Å². The summed E-state index contributed by atoms with van der Waals surface area (Å²) in [6, 6.07) is 32.3. The first-order valence-electron chi connectivity index (χ1n) is 10.8. The van der Waals surface area contributed by atoms with Gasteiger partial charge in [-0.1, -0.05) is 78.9 Å². The highest BCUT2D eigenvalue weighted by molar-refractivity contribution is 6.15. The smallest absolute Gasteiger partial charge is 0.124 e. The number of phenols is 3. The minimum Gasteiger partial charge on any atom is -0.508 e. The summed E-state index contributed by atoms with van der Waals surface area (Å²) >= 11 is 0. The second kappa shape index (κ2) is 7.28. The van der Waals surface area contributed by atoms with E-state index in [9.17, 15) is 15.3 Å². The van der Waals surface area contributed by atoms with E-state index in [0.29, 0.717) is 5.39 Å². The molecule has 6 aromatic rings. The van der Waals surface area contributed by atoms with E-state index in [-0.39, 0.29) is 17.2 Å². The van der Waals surface area contributed by atoms with Crippen molar-refractivity contribution in [1.29, 1.82) is 0 Å². The maximum absolute atomic E-state index is 11.0. The average Bonchev–Trinajstić information content (AvgIpc) is 2.83. The van der Waals surface area contributed by atoms with Gasteiger partial charge in [0.1, 0.15) is 17.2 Å². The number of fused-ring (bicyclic) bond motifs is 3. The van der Waals surface area contributed by atoms with Gasteiger partial charge in [-0.05, 0) is 67.9 Å². The van der Waals surface area contributed by atoms with Crippen LogP contribution in [0.4, 0.5) is 0 Å². The van der Waals surface area contributed by atoms with Gasteiger partial charge in [0.15, 0.2) is 0 Å². The van der Waals surface area contributed by atoms with Crippen LogP contribution in [0, 0.1) is 0 Å². The fraction of sp³-hybridized carbons (Fsp3) is 0. The van der Waals surface area contributed by atoms with Crippen molar-refractivity contribution in [2.24, 2.45) is 0 Å². The van der Waals surface area contributed by atoms with Crippen LogP contribution in [0.1, 0.15) is 0 Å². The van der Waals surface area contributed by atoms with Crippen molar-refractivity contribution in [3.8, 4) is 39.5 Å². The van der Waals surface area contributed by atoms with Crippen LogP contribution in [-0.2, 0) is 0 Å². The molecule has 0 atom stereocenters. The van der Waals surface area contributed by atoms with Gasteiger partial charge in [-0.3, -0.25) is 0 Å². The fourth-order valence-electron chi connectivity index (χ4n) is 4.87. The Hall–Kier alpha value is -4.50. The first-order valence-corrected chi connectivity index (χ1v) is 10.8. The molecule has 6 rings (SSSR count). The zero-order valence-electron chi connectivity index (χ0n) is 17.7. The largest absolute Gasteiger partial charge is 0.508 e. The molecular formula is C30H20O3. The summed E-state index contributed by atoms with van der Waals surface area (Å²) in [7, 11) is 0. The first kappa shape index (κ1) is 19.2. The van der Waals surface area contributed by atoms with Crippen LogP contribution in [0.15, 0.2) is 103 Å². The summed E-state index contributed by atoms with van der Waals surface area (Å²) in [6.07, 6.45) is 0. The van der Waals surface area contributed by atoms with Crippen LogP contribution in [0.2, 0.25) is 0 Å². The van der Waals surface area contributed by atoms with E-state index in [2.05, 4.69) is 0 Å². The zero-order chi connectivity index (χ0) is 22.5. The van der Waals surface area contributed by atoms with Crippen molar-refractivity contribution in [2.45, 2.75) is 0 Å². The van der Waals surface area contributed by atoms with Crippen molar-refractivity contribution in [3.05, 3.63) is 103 Å². The predicted octanol–water partition coefficient (Wildman–Crippen LogP) is 7.60. The van der Waals surface area contributed by atoms with E-state index in [1.807, 2.05) is 78.9 Å². The van der Waals surface area contributed by atoms with Crippen LogP contribution >= 0.6 is 0 Å². The molecule has 3 nitrogen and oxygen atoms in total. The first-order chi connectivity index (χ1) is 16.1. The second-order valence-electron chi connectivity index (χ2n) is 8.25. The number of rotatable bonds is 2. The molecule has 0 aromatic heterocycles. The van der Waals surface area contributed by atoms with Crippen molar-refractivity contribution in [1.82, 2.24) is 0 Å². The molecule has 0 spiro atoms. The van der Waals surface area contributed by atoms with Gasteiger partial charge in [-0.2, -0.15) is 0 Å². The molecule has 0 radical (unpaired) electrons. The minimum absolute atomic E-state index is 0.168. The lowest BCUT2D eigenvalue weighted by atomic mass is 9.88. The fourth-order valence-corrected chi connectivity index (χ4v) is 4.87. The molecule has 0 aliphatic carbocycles. The molecule has 158 valence electrons. The van der Waals surface area contributed by atoms with Crippen molar-refractivity contribution in [2.75, 3.05) is 0 Å². The molecule has 0 fully saturated rings. The Morgan fingerprint density at radius 3 is 2.03 bits per heavy atom. The standard InChI is InChI=1S/C30H20O3/c31-20-13-11-19-6-3-8-22(26(19)17-20)24-14-15-25(23-9-4-10-27(32)30(23)24)29-21-7-2-1-5-18(21)12-16-28(29)33/h1-17,31-33H. The summed E-state index contributed by atoms with van der Waals surface area (Å²) in [5.41, 5.74) is 3.37. The number of hydrogen-bond acceptors (Lipinski definition) is 3. The number of aromatic hydroxyl groups is 3. The number of benzene rings is 6. The zero-order valence-corrected chi connectivity index (χ0v) is 17.7. The van der Waals surface area contributed by atoms with Crippen LogP contribution in [0.25, 0.3) is 54.6 Å². The summed E-state index contributed by atoms with van der Waals surface area (Å²) in [5, 5.41) is 37.4. The third-order valence-corrected chi connectivity index (χ3v) is 6.35. The highest BCUT2D eigenvalue weighted by Gasteiger charge is 2.18. The highest BCUT2D eigenvalue weighted by Crippen LogP contribution is 2.45. The Balaban J connectivity index is 1.72. The molecule has 0 aliphatic rings. The molecule has 0 amide bonds. The molecule has 3 N–H and O–H groups in total. The summed E-state index contributed by atoms with van der Waals surface area (Å²) in [4.78, 5) is 0. The third-order valence-electron chi connectivity index (χ3n) is 6.35. The van der Waals surface area contributed by atoms with Gasteiger partial charge in [0.05, 0.1) is 0 Å². The molecule has 0 heterocycles. The van der Waals surface area contributed by atoms with Crippen LogP contribution in [-0.4, -0.2) is 15.3 Å². The van der Waals surface area contributed by atoms with Gasteiger partial charge in [0, 0.05) is 10.9 Å². The molecule has 33 heavy (non-hydrogen) atoms. The lowest BCUT2D eigenvalue weighted by Crippen LogP contribution is -1.90. The Labute approximate surface area is 190 Å². The molecule has 0 saturated heterocycles. The molecule has 3 heteroatoms. The van der Waals surface area contributed by atoms with E-state index >= 15 is 0 Å². The lowest BCUT2D eigenvalue weighted by Gasteiger charge is -2.17. The van der Waals surface area contributed by atoms with Gasteiger partial charge in [0.25, 0.3) is 0 Å². The topological polar surface area (TPSA) is 60.7 Å². The summed E-state index contributed by atoms with van der Waals surface area (Å²) in [5.74, 6) is 0.559. The van der Waals surface area contributed by atoms with Gasteiger partial charge in [-0.15, -0.1) is 0 Å². The second-order valence-corrected chi connectivity index (χ2v) is 8.25. The lowest BCUT2D eigenvalue weighted by molar-refractivity contribution is 0.476. The van der Waals surface area contributed by atoms with Crippen molar-refractivity contribution < 1.29 is 15.3 Å². The minimum atomic E-state index is 0.168. The maximum atomic E-state index is 11.0. The molecule has 0 unspecified atom stereocenters. The van der Waals surface area contributed by atoms with Crippen LogP contribution in [0.3, 0.4) is 0 Å². The highest BCUT2D eigenvalue weighted by atomic mass is 16.3. The molecular weight excluding hydrogens is 408 g/mol. The molecule has 0 aliphatic heterocycles. The number of phenolic OH excluding ortho intramolecular Hbond substituents is 3. The Bertz CT molecular complexity index is 1700. The van der Waals surface area contributed by atoms with Crippen LogP contribution < -0.4 is 0 Å².